The Morgan fingerprint density at radius 3 is 3.12 bits per heavy atom. The van der Waals surface area contributed by atoms with Gasteiger partial charge in [-0.15, -0.1) is 0 Å². The van der Waals surface area contributed by atoms with Crippen LogP contribution in [0.4, 0.5) is 0 Å². The van der Waals surface area contributed by atoms with Crippen molar-refractivity contribution < 1.29 is 4.79 Å². The van der Waals surface area contributed by atoms with E-state index in [-0.39, 0.29) is 12.5 Å². The summed E-state index contributed by atoms with van der Waals surface area (Å²) in [6.07, 6.45) is 3.71. The SMILES string of the molecule is NCC#Cc1cccnc1C(=O)NC1CC1. The van der Waals surface area contributed by atoms with E-state index in [9.17, 15) is 4.79 Å². The van der Waals surface area contributed by atoms with E-state index in [1.807, 2.05) is 0 Å². The minimum Gasteiger partial charge on any atom is -0.348 e. The minimum absolute atomic E-state index is 0.149. The van der Waals surface area contributed by atoms with E-state index in [1.54, 1.807) is 18.3 Å². The summed E-state index contributed by atoms with van der Waals surface area (Å²) in [4.78, 5) is 15.9. The van der Waals surface area contributed by atoms with Crippen LogP contribution in [0, 0.1) is 11.8 Å². The standard InChI is InChI=1S/C12H13N3O/c13-7-1-3-9-4-2-8-14-11(9)12(16)15-10-5-6-10/h2,4,8,10H,5-7,13H2,(H,15,16). The summed E-state index contributed by atoms with van der Waals surface area (Å²) >= 11 is 0. The number of carbonyl (C=O) groups is 1. The third kappa shape index (κ3) is 2.59. The van der Waals surface area contributed by atoms with E-state index < -0.39 is 0 Å². The van der Waals surface area contributed by atoms with E-state index >= 15 is 0 Å². The van der Waals surface area contributed by atoms with Crippen LogP contribution in [0.3, 0.4) is 0 Å². The molecule has 4 nitrogen and oxygen atoms in total. The van der Waals surface area contributed by atoms with Gasteiger partial charge >= 0.3 is 0 Å². The average molecular weight is 215 g/mol. The third-order valence-electron chi connectivity index (χ3n) is 2.26. The van der Waals surface area contributed by atoms with Crippen LogP contribution < -0.4 is 11.1 Å². The molecule has 0 aromatic carbocycles. The fourth-order valence-corrected chi connectivity index (χ4v) is 1.31. The van der Waals surface area contributed by atoms with Crippen LogP contribution >= 0.6 is 0 Å². The van der Waals surface area contributed by atoms with Crippen molar-refractivity contribution in [2.24, 2.45) is 5.73 Å². The Bertz CT molecular complexity index is 455. The van der Waals surface area contributed by atoms with Crippen molar-refractivity contribution in [3.63, 3.8) is 0 Å². The van der Waals surface area contributed by atoms with Gasteiger partial charge in [-0.1, -0.05) is 11.8 Å². The number of hydrogen-bond donors (Lipinski definition) is 2. The number of amides is 1. The summed E-state index contributed by atoms with van der Waals surface area (Å²) in [7, 11) is 0. The van der Waals surface area contributed by atoms with Crippen LogP contribution in [0.1, 0.15) is 28.9 Å². The van der Waals surface area contributed by atoms with Crippen LogP contribution in [0.15, 0.2) is 18.3 Å². The fraction of sp³-hybridized carbons (Fsp3) is 0.333. The zero-order valence-corrected chi connectivity index (χ0v) is 8.86. The molecule has 4 heteroatoms. The van der Waals surface area contributed by atoms with Crippen LogP contribution in [0.25, 0.3) is 0 Å². The predicted octanol–water partition coefficient (Wildman–Crippen LogP) is 0.284. The third-order valence-corrected chi connectivity index (χ3v) is 2.26. The summed E-state index contributed by atoms with van der Waals surface area (Å²) in [5.41, 5.74) is 6.31. The highest BCUT2D eigenvalue weighted by Crippen LogP contribution is 2.19. The summed E-state index contributed by atoms with van der Waals surface area (Å²) in [5, 5.41) is 2.89. The van der Waals surface area contributed by atoms with E-state index in [0.29, 0.717) is 17.3 Å². The first-order chi connectivity index (χ1) is 7.81. The van der Waals surface area contributed by atoms with Gasteiger partial charge in [-0.05, 0) is 25.0 Å². The largest absolute Gasteiger partial charge is 0.348 e. The second kappa shape index (κ2) is 4.77. The molecule has 82 valence electrons. The Kier molecular flexibility index (Phi) is 3.18. The summed E-state index contributed by atoms with van der Waals surface area (Å²) < 4.78 is 0. The zero-order valence-electron chi connectivity index (χ0n) is 8.86. The smallest absolute Gasteiger partial charge is 0.271 e. The van der Waals surface area contributed by atoms with Crippen LogP contribution in [-0.2, 0) is 0 Å². The number of nitrogens with zero attached hydrogens (tertiary/aromatic N) is 1. The number of nitrogens with two attached hydrogens (primary N) is 1. The van der Waals surface area contributed by atoms with Gasteiger partial charge in [0.05, 0.1) is 12.1 Å². The molecule has 1 aliphatic carbocycles. The number of carbonyl (C=O) groups excluding carboxylic acids is 1. The Balaban J connectivity index is 2.20. The number of hydrogen-bond acceptors (Lipinski definition) is 3. The Morgan fingerprint density at radius 2 is 2.44 bits per heavy atom. The monoisotopic (exact) mass is 215 g/mol. The van der Waals surface area contributed by atoms with Crippen LogP contribution in [0.2, 0.25) is 0 Å². The average Bonchev–Trinajstić information content (AvgIpc) is 3.10. The summed E-state index contributed by atoms with van der Waals surface area (Å²) in [5.74, 6) is 5.43. The van der Waals surface area contributed by atoms with Gasteiger partial charge in [-0.3, -0.25) is 4.79 Å². The molecule has 2 rings (SSSR count). The molecule has 1 fully saturated rings. The lowest BCUT2D eigenvalue weighted by atomic mass is 10.2. The maximum absolute atomic E-state index is 11.8. The van der Waals surface area contributed by atoms with Crippen molar-refractivity contribution in [2.45, 2.75) is 18.9 Å². The van der Waals surface area contributed by atoms with Gasteiger partial charge < -0.3 is 11.1 Å². The van der Waals surface area contributed by atoms with E-state index in [2.05, 4.69) is 22.1 Å². The van der Waals surface area contributed by atoms with E-state index in [0.717, 1.165) is 12.8 Å². The minimum atomic E-state index is -0.149. The molecule has 0 saturated heterocycles. The first kappa shape index (κ1) is 10.7. The van der Waals surface area contributed by atoms with Crippen LogP contribution in [-0.4, -0.2) is 23.5 Å². The molecule has 1 amide bonds. The second-order valence-corrected chi connectivity index (χ2v) is 3.65. The van der Waals surface area contributed by atoms with Gasteiger partial charge in [0.25, 0.3) is 5.91 Å². The lowest BCUT2D eigenvalue weighted by molar-refractivity contribution is 0.0946. The van der Waals surface area contributed by atoms with Gasteiger partial charge in [0.2, 0.25) is 0 Å². The van der Waals surface area contributed by atoms with Gasteiger partial charge in [-0.2, -0.15) is 0 Å². The molecule has 1 aliphatic rings. The number of pyridine rings is 1. The van der Waals surface area contributed by atoms with Gasteiger partial charge in [0, 0.05) is 12.2 Å². The quantitative estimate of drug-likeness (QED) is 0.696. The first-order valence-corrected chi connectivity index (χ1v) is 5.26. The topological polar surface area (TPSA) is 68.0 Å². The van der Waals surface area contributed by atoms with Crippen molar-refractivity contribution in [1.82, 2.24) is 10.3 Å². The second-order valence-electron chi connectivity index (χ2n) is 3.65. The van der Waals surface area contributed by atoms with Gasteiger partial charge in [0.15, 0.2) is 0 Å². The highest BCUT2D eigenvalue weighted by atomic mass is 16.2. The molecule has 0 unspecified atom stereocenters. The van der Waals surface area contributed by atoms with Crippen molar-refractivity contribution in [2.75, 3.05) is 6.54 Å². The molecule has 0 bridgehead atoms. The Hall–Kier alpha value is -1.86. The van der Waals surface area contributed by atoms with Crippen molar-refractivity contribution in [3.8, 4) is 11.8 Å². The number of rotatable bonds is 2. The Labute approximate surface area is 94.3 Å². The normalized spacial score (nSPS) is 13.8. The van der Waals surface area contributed by atoms with Gasteiger partial charge in [-0.25, -0.2) is 4.98 Å². The van der Waals surface area contributed by atoms with Crippen molar-refractivity contribution in [3.05, 3.63) is 29.6 Å². The molecule has 1 saturated carbocycles. The predicted molar refractivity (Wildman–Crippen MR) is 60.7 cm³/mol. The number of aromatic nitrogens is 1. The number of nitrogens with one attached hydrogen (secondary N) is 1. The molecule has 3 N–H and O–H groups in total. The van der Waals surface area contributed by atoms with Crippen LogP contribution in [0.5, 0.6) is 0 Å². The van der Waals surface area contributed by atoms with E-state index in [1.165, 1.54) is 0 Å². The maximum Gasteiger partial charge on any atom is 0.271 e. The van der Waals surface area contributed by atoms with E-state index in [4.69, 9.17) is 5.73 Å². The lowest BCUT2D eigenvalue weighted by Crippen LogP contribution is -2.27. The lowest BCUT2D eigenvalue weighted by Gasteiger charge is -2.03. The molecule has 16 heavy (non-hydrogen) atoms. The molecule has 1 aromatic heterocycles. The Morgan fingerprint density at radius 1 is 1.62 bits per heavy atom. The summed E-state index contributed by atoms with van der Waals surface area (Å²) in [6, 6.07) is 3.86. The first-order valence-electron chi connectivity index (χ1n) is 5.26. The molecular weight excluding hydrogens is 202 g/mol. The van der Waals surface area contributed by atoms with Gasteiger partial charge in [0.1, 0.15) is 5.69 Å². The zero-order chi connectivity index (χ0) is 11.4. The molecule has 0 atom stereocenters. The molecule has 1 aromatic rings. The van der Waals surface area contributed by atoms with Crippen molar-refractivity contribution in [1.29, 1.82) is 0 Å². The maximum atomic E-state index is 11.8. The molecule has 0 radical (unpaired) electrons. The fourth-order valence-electron chi connectivity index (χ4n) is 1.31. The molecule has 0 spiro atoms. The molecule has 1 heterocycles. The van der Waals surface area contributed by atoms with Crippen molar-refractivity contribution >= 4 is 5.91 Å². The molecule has 0 aliphatic heterocycles. The molecular formula is C12H13N3O. The summed E-state index contributed by atoms with van der Waals surface area (Å²) in [6.45, 7) is 0.276. The highest BCUT2D eigenvalue weighted by molar-refractivity contribution is 5.95. The highest BCUT2D eigenvalue weighted by Gasteiger charge is 2.25.